The first-order valence-corrected chi connectivity index (χ1v) is 2.35. The molecule has 0 amide bonds. The Balaban J connectivity index is -0.0000000800. The van der Waals surface area contributed by atoms with E-state index in [1.54, 1.807) is 0 Å². The molecule has 0 spiro atoms. The van der Waals surface area contributed by atoms with E-state index in [2.05, 4.69) is 0 Å². The summed E-state index contributed by atoms with van der Waals surface area (Å²) in [6.07, 6.45) is 0. The minimum Gasteiger partial charge on any atom is -0.303 e. The van der Waals surface area contributed by atoms with Crippen molar-refractivity contribution in [2.24, 2.45) is 0 Å². The van der Waals surface area contributed by atoms with Crippen molar-refractivity contribution in [3.8, 4) is 0 Å². The maximum atomic E-state index is 8.88. The second-order valence-electron chi connectivity index (χ2n) is 0.513. The van der Waals surface area contributed by atoms with Crippen LogP contribution >= 0.6 is 7.82 Å². The van der Waals surface area contributed by atoms with Gasteiger partial charge in [-0.05, 0) is 0 Å². The van der Waals surface area contributed by atoms with Gasteiger partial charge in [-0.1, -0.05) is 0 Å². The number of halogens is 1. The Hall–Kier alpha value is 0.663. The van der Waals surface area contributed by atoms with Gasteiger partial charge in [0.15, 0.2) is 0 Å². The fourth-order valence-electron chi connectivity index (χ4n) is 0. The minimum absolute atomic E-state index is 0. The molecule has 0 saturated heterocycles. The summed E-state index contributed by atoms with van der Waals surface area (Å²) in [4.78, 5) is 21.6. The quantitative estimate of drug-likeness (QED) is 0.340. The van der Waals surface area contributed by atoms with Crippen molar-refractivity contribution in [1.82, 2.24) is 0 Å². The van der Waals surface area contributed by atoms with Gasteiger partial charge < -0.3 is 14.7 Å². The van der Waals surface area contributed by atoms with Gasteiger partial charge in [0, 0.05) is 19.5 Å². The van der Waals surface area contributed by atoms with Crippen LogP contribution in [0.25, 0.3) is 0 Å². The molecule has 0 heterocycles. The van der Waals surface area contributed by atoms with Gasteiger partial charge in [-0.15, -0.1) is 0 Å². The van der Waals surface area contributed by atoms with Crippen molar-refractivity contribution >= 4 is 7.82 Å². The topological polar surface area (TPSA) is 77.8 Å². The average molecular weight is 183 g/mol. The van der Waals surface area contributed by atoms with Crippen molar-refractivity contribution in [3.63, 3.8) is 0 Å². The molecule has 3 N–H and O–H groups in total. The predicted octanol–water partition coefficient (Wildman–Crippen LogP) is -0.779. The van der Waals surface area contributed by atoms with Crippen LogP contribution in [-0.4, -0.2) is 14.7 Å². The number of hydrogen-bond acceptors (Lipinski definition) is 1. The van der Waals surface area contributed by atoms with Crippen molar-refractivity contribution in [1.29, 1.82) is 0 Å². The number of hydrogen-bond donors (Lipinski definition) is 3. The second-order valence-corrected chi connectivity index (χ2v) is 1.54. The molecule has 0 unspecified atom stereocenters. The molecule has 0 aromatic carbocycles. The molecule has 0 aliphatic rings. The van der Waals surface area contributed by atoms with E-state index >= 15 is 0 Å². The van der Waals surface area contributed by atoms with Gasteiger partial charge in [-0.2, -0.15) is 0 Å². The molecule has 0 fully saturated rings. The average Bonchev–Trinajstić information content (AvgIpc) is 0.722. The molecular weight excluding hydrogens is 179 g/mol. The Morgan fingerprint density at radius 3 is 1.14 bits per heavy atom. The van der Waals surface area contributed by atoms with E-state index in [0.29, 0.717) is 0 Å². The molecule has 0 aliphatic heterocycles. The summed E-state index contributed by atoms with van der Waals surface area (Å²) in [7, 11) is -4.64. The summed E-state index contributed by atoms with van der Waals surface area (Å²) in [5, 5.41) is 0. The third kappa shape index (κ3) is 329. The smallest absolute Gasteiger partial charge is 0.303 e. The summed E-state index contributed by atoms with van der Waals surface area (Å²) in [6.45, 7) is 0. The molecule has 4 nitrogen and oxygen atoms in total. The van der Waals surface area contributed by atoms with E-state index in [1.165, 1.54) is 0 Å². The second kappa shape index (κ2) is 4.81. The standard InChI is InChI=1S/FH.H3O4P.Zn/c;1-5(2,3)4;/h1H;(H3,1,2,3,4);. The zero-order valence-corrected chi connectivity index (χ0v) is 7.17. The molecule has 0 aromatic rings. The normalized spacial score (nSPS) is 8.43. The first-order chi connectivity index (χ1) is 2.00. The van der Waals surface area contributed by atoms with E-state index in [4.69, 9.17) is 19.2 Å². The summed E-state index contributed by atoms with van der Waals surface area (Å²) >= 11 is 0. The Morgan fingerprint density at radius 2 is 1.14 bits per heavy atom. The van der Waals surface area contributed by atoms with Crippen LogP contribution in [0, 0.1) is 0 Å². The third-order valence-corrected chi connectivity index (χ3v) is 0. The van der Waals surface area contributed by atoms with Crippen LogP contribution in [0.15, 0.2) is 0 Å². The monoisotopic (exact) mass is 182 g/mol. The van der Waals surface area contributed by atoms with Gasteiger partial charge in [0.25, 0.3) is 0 Å². The summed E-state index contributed by atoms with van der Waals surface area (Å²) in [5.74, 6) is 0. The van der Waals surface area contributed by atoms with Crippen LogP contribution in [0.1, 0.15) is 0 Å². The largest absolute Gasteiger partial charge is 0.466 e. The van der Waals surface area contributed by atoms with Crippen LogP contribution in [0.2, 0.25) is 0 Å². The van der Waals surface area contributed by atoms with Crippen molar-refractivity contribution < 1.29 is 43.4 Å². The van der Waals surface area contributed by atoms with E-state index < -0.39 is 7.82 Å². The van der Waals surface area contributed by atoms with E-state index in [-0.39, 0.29) is 24.2 Å². The molecular formula is H4FO4PZn. The summed E-state index contributed by atoms with van der Waals surface area (Å²) in [6, 6.07) is 0. The fraction of sp³-hybridized carbons (Fsp3) is 0. The predicted molar refractivity (Wildman–Crippen MR) is 16.8 cm³/mol. The van der Waals surface area contributed by atoms with Gasteiger partial charge in [0.05, 0.1) is 0 Å². The Bertz CT molecular complexity index is 57.8. The molecule has 7 heteroatoms. The van der Waals surface area contributed by atoms with Crippen molar-refractivity contribution in [2.45, 2.75) is 0 Å². The minimum atomic E-state index is -4.64. The molecule has 0 atom stereocenters. The summed E-state index contributed by atoms with van der Waals surface area (Å²) in [5.41, 5.74) is 0. The van der Waals surface area contributed by atoms with E-state index in [9.17, 15) is 0 Å². The van der Waals surface area contributed by atoms with Gasteiger partial charge >= 0.3 is 7.82 Å². The molecule has 0 aromatic heterocycles. The maximum Gasteiger partial charge on any atom is 0.466 e. The molecule has 7 heavy (non-hydrogen) atoms. The number of rotatable bonds is 0. The Kier molecular flexibility index (Phi) is 10.8. The summed E-state index contributed by atoms with van der Waals surface area (Å²) < 4.78 is 8.88. The van der Waals surface area contributed by atoms with Crippen LogP contribution in [0.3, 0.4) is 0 Å². The molecule has 42 valence electrons. The van der Waals surface area contributed by atoms with Gasteiger partial charge in [-0.25, -0.2) is 4.57 Å². The van der Waals surface area contributed by atoms with Crippen LogP contribution < -0.4 is 0 Å². The molecule has 0 saturated carbocycles. The van der Waals surface area contributed by atoms with Gasteiger partial charge in [0.2, 0.25) is 0 Å². The van der Waals surface area contributed by atoms with Crippen LogP contribution in [0.5, 0.6) is 0 Å². The zero-order valence-electron chi connectivity index (χ0n) is 3.31. The maximum absolute atomic E-state index is 8.88. The van der Waals surface area contributed by atoms with E-state index in [1.807, 2.05) is 0 Å². The molecule has 0 bridgehead atoms. The van der Waals surface area contributed by atoms with Crippen molar-refractivity contribution in [2.75, 3.05) is 0 Å². The van der Waals surface area contributed by atoms with Gasteiger partial charge in [0.1, 0.15) is 0 Å². The zero-order chi connectivity index (χ0) is 4.50. The van der Waals surface area contributed by atoms with Crippen LogP contribution in [-0.2, 0) is 24.0 Å². The van der Waals surface area contributed by atoms with Crippen LogP contribution in [0.4, 0.5) is 4.70 Å². The first kappa shape index (κ1) is 15.6. The fourth-order valence-corrected chi connectivity index (χ4v) is 0. The SMILES string of the molecule is F.O=P(O)(O)O.[Zn]. The Labute approximate surface area is 51.9 Å². The van der Waals surface area contributed by atoms with Crippen molar-refractivity contribution in [3.05, 3.63) is 0 Å². The third-order valence-electron chi connectivity index (χ3n) is 0. The molecule has 0 aliphatic carbocycles. The first-order valence-electron chi connectivity index (χ1n) is 0.783. The molecule has 0 radical (unpaired) electrons. The number of phosphoric acid groups is 1. The Morgan fingerprint density at radius 1 is 1.14 bits per heavy atom. The van der Waals surface area contributed by atoms with E-state index in [0.717, 1.165) is 0 Å². The van der Waals surface area contributed by atoms with Gasteiger partial charge in [-0.3, -0.25) is 4.70 Å². The molecule has 0 rings (SSSR count).